The SMILES string of the molecule is CCOC(=O)CN(CCO)c1nc2ccccc2n([C@@H](C)C[C@@H]2CCCN2C2CCCCCCC2)c1=O. The molecule has 37 heavy (non-hydrogen) atoms. The van der Waals surface area contributed by atoms with Crippen molar-refractivity contribution in [3.05, 3.63) is 34.6 Å². The predicted octanol–water partition coefficient (Wildman–Crippen LogP) is 4.29. The second-order valence-corrected chi connectivity index (χ2v) is 10.7. The van der Waals surface area contributed by atoms with Gasteiger partial charge in [0, 0.05) is 24.7 Å². The van der Waals surface area contributed by atoms with Gasteiger partial charge in [0.25, 0.3) is 5.56 Å². The minimum absolute atomic E-state index is 0.0307. The first kappa shape index (κ1) is 27.6. The Balaban J connectivity index is 1.63. The first-order chi connectivity index (χ1) is 18.0. The van der Waals surface area contributed by atoms with Gasteiger partial charge in [0.15, 0.2) is 5.82 Å². The van der Waals surface area contributed by atoms with Crippen LogP contribution in [0.4, 0.5) is 5.82 Å². The fourth-order valence-electron chi connectivity index (χ4n) is 6.39. The third-order valence-corrected chi connectivity index (χ3v) is 8.09. The van der Waals surface area contributed by atoms with Crippen LogP contribution in [0.1, 0.15) is 84.1 Å². The van der Waals surface area contributed by atoms with E-state index in [1.807, 2.05) is 28.8 Å². The molecule has 2 atom stereocenters. The average molecular weight is 513 g/mol. The van der Waals surface area contributed by atoms with E-state index in [1.165, 1.54) is 57.8 Å². The normalized spacial score (nSPS) is 20.5. The van der Waals surface area contributed by atoms with Gasteiger partial charge in [-0.2, -0.15) is 0 Å². The zero-order chi connectivity index (χ0) is 26.2. The number of para-hydroxylation sites is 2. The molecule has 0 spiro atoms. The lowest BCUT2D eigenvalue weighted by Crippen LogP contribution is -2.42. The van der Waals surface area contributed by atoms with Gasteiger partial charge >= 0.3 is 5.97 Å². The van der Waals surface area contributed by atoms with Crippen molar-refractivity contribution in [2.24, 2.45) is 0 Å². The summed E-state index contributed by atoms with van der Waals surface area (Å²) in [5.41, 5.74) is 1.29. The highest BCUT2D eigenvalue weighted by Crippen LogP contribution is 2.32. The van der Waals surface area contributed by atoms with Crippen LogP contribution in [-0.4, -0.2) is 70.5 Å². The second-order valence-electron chi connectivity index (χ2n) is 10.7. The Morgan fingerprint density at radius 1 is 1.14 bits per heavy atom. The van der Waals surface area contributed by atoms with Crippen molar-refractivity contribution in [1.29, 1.82) is 0 Å². The van der Waals surface area contributed by atoms with Crippen molar-refractivity contribution < 1.29 is 14.6 Å². The van der Waals surface area contributed by atoms with E-state index in [0.29, 0.717) is 17.6 Å². The minimum Gasteiger partial charge on any atom is -0.465 e. The molecular weight excluding hydrogens is 468 g/mol. The fraction of sp³-hybridized carbons (Fsp3) is 0.690. The lowest BCUT2D eigenvalue weighted by Gasteiger charge is -2.36. The molecule has 0 unspecified atom stereocenters. The first-order valence-corrected chi connectivity index (χ1v) is 14.3. The number of aliphatic hydroxyl groups is 1. The van der Waals surface area contributed by atoms with Crippen molar-refractivity contribution in [3.63, 3.8) is 0 Å². The molecule has 1 N–H and O–H groups in total. The highest BCUT2D eigenvalue weighted by molar-refractivity contribution is 5.79. The number of hydrogen-bond acceptors (Lipinski definition) is 7. The summed E-state index contributed by atoms with van der Waals surface area (Å²) in [6, 6.07) is 8.80. The van der Waals surface area contributed by atoms with E-state index in [-0.39, 0.29) is 43.7 Å². The Hall–Kier alpha value is -2.45. The number of hydrogen-bond donors (Lipinski definition) is 1. The molecule has 0 radical (unpaired) electrons. The molecule has 204 valence electrons. The molecule has 2 aliphatic rings. The molecule has 1 saturated carbocycles. The maximum atomic E-state index is 13.9. The van der Waals surface area contributed by atoms with Crippen LogP contribution < -0.4 is 10.5 Å². The number of aromatic nitrogens is 2. The topological polar surface area (TPSA) is 87.9 Å². The summed E-state index contributed by atoms with van der Waals surface area (Å²) in [5, 5.41) is 9.67. The molecule has 8 nitrogen and oxygen atoms in total. The molecule has 2 heterocycles. The number of ether oxygens (including phenoxy) is 1. The summed E-state index contributed by atoms with van der Waals surface area (Å²) < 4.78 is 6.98. The number of nitrogens with zero attached hydrogens (tertiary/aromatic N) is 4. The smallest absolute Gasteiger partial charge is 0.325 e. The lowest BCUT2D eigenvalue weighted by atomic mass is 9.94. The van der Waals surface area contributed by atoms with E-state index in [2.05, 4.69) is 16.8 Å². The maximum absolute atomic E-state index is 13.9. The first-order valence-electron chi connectivity index (χ1n) is 14.3. The third kappa shape index (κ3) is 6.71. The highest BCUT2D eigenvalue weighted by atomic mass is 16.5. The molecule has 1 aromatic heterocycles. The van der Waals surface area contributed by atoms with E-state index in [0.717, 1.165) is 18.5 Å². The van der Waals surface area contributed by atoms with Crippen LogP contribution in [-0.2, 0) is 9.53 Å². The number of rotatable bonds is 10. The van der Waals surface area contributed by atoms with Crippen LogP contribution in [0, 0.1) is 0 Å². The summed E-state index contributed by atoms with van der Waals surface area (Å²) in [6.07, 6.45) is 12.6. The van der Waals surface area contributed by atoms with Crippen LogP contribution in [0.2, 0.25) is 0 Å². The number of esters is 1. The molecule has 0 amide bonds. The molecule has 4 rings (SSSR count). The number of likely N-dealkylation sites (tertiary alicyclic amines) is 1. The Kier molecular flexibility index (Phi) is 9.97. The quantitative estimate of drug-likeness (QED) is 0.475. The number of benzene rings is 1. The molecular formula is C29H44N4O4. The zero-order valence-corrected chi connectivity index (χ0v) is 22.6. The van der Waals surface area contributed by atoms with Crippen molar-refractivity contribution >= 4 is 22.8 Å². The molecule has 1 aromatic carbocycles. The summed E-state index contributed by atoms with van der Waals surface area (Å²) >= 11 is 0. The monoisotopic (exact) mass is 512 g/mol. The number of aliphatic hydroxyl groups excluding tert-OH is 1. The predicted molar refractivity (Wildman–Crippen MR) is 147 cm³/mol. The Bertz CT molecular complexity index is 1080. The average Bonchev–Trinajstić information content (AvgIpc) is 3.31. The van der Waals surface area contributed by atoms with E-state index >= 15 is 0 Å². The van der Waals surface area contributed by atoms with Crippen molar-refractivity contribution in [2.45, 2.75) is 96.2 Å². The van der Waals surface area contributed by atoms with Gasteiger partial charge in [-0.15, -0.1) is 0 Å². The van der Waals surface area contributed by atoms with Gasteiger partial charge in [0.05, 0.1) is 24.2 Å². The summed E-state index contributed by atoms with van der Waals surface area (Å²) in [6.45, 7) is 5.11. The summed E-state index contributed by atoms with van der Waals surface area (Å²) in [5.74, 6) is -0.248. The van der Waals surface area contributed by atoms with Crippen molar-refractivity contribution in [3.8, 4) is 0 Å². The van der Waals surface area contributed by atoms with Crippen LogP contribution in [0.25, 0.3) is 11.0 Å². The van der Waals surface area contributed by atoms with E-state index < -0.39 is 5.97 Å². The molecule has 1 saturated heterocycles. The Morgan fingerprint density at radius 3 is 2.59 bits per heavy atom. The molecule has 0 bridgehead atoms. The lowest BCUT2D eigenvalue weighted by molar-refractivity contribution is -0.141. The molecule has 2 fully saturated rings. The maximum Gasteiger partial charge on any atom is 0.325 e. The van der Waals surface area contributed by atoms with E-state index in [4.69, 9.17) is 4.74 Å². The third-order valence-electron chi connectivity index (χ3n) is 8.09. The van der Waals surface area contributed by atoms with Gasteiger partial charge in [-0.1, -0.05) is 44.2 Å². The van der Waals surface area contributed by atoms with Crippen molar-refractivity contribution in [1.82, 2.24) is 14.5 Å². The second kappa shape index (κ2) is 13.4. The van der Waals surface area contributed by atoms with Gasteiger partial charge in [0.1, 0.15) is 6.54 Å². The van der Waals surface area contributed by atoms with Gasteiger partial charge in [0.2, 0.25) is 0 Å². The minimum atomic E-state index is -0.439. The standard InChI is InChI=1S/C29H44N4O4/c1-3-37-27(35)21-31(18-19-34)28-29(36)33(26-16-10-9-15-25(26)30-28)22(2)20-24-14-11-17-32(24)23-12-7-5-4-6-8-13-23/h9-10,15-16,22-24,34H,3-8,11-14,17-21H2,1-2H3/t22-,24-/m0/s1. The van der Waals surface area contributed by atoms with Gasteiger partial charge in [-0.3, -0.25) is 14.5 Å². The molecule has 8 heteroatoms. The number of anilines is 1. The number of carbonyl (C=O) groups excluding carboxylic acids is 1. The molecule has 1 aliphatic carbocycles. The number of carbonyl (C=O) groups is 1. The highest BCUT2D eigenvalue weighted by Gasteiger charge is 2.32. The summed E-state index contributed by atoms with van der Waals surface area (Å²) in [7, 11) is 0. The van der Waals surface area contributed by atoms with Crippen LogP contribution in [0.15, 0.2) is 29.1 Å². The van der Waals surface area contributed by atoms with Gasteiger partial charge in [-0.25, -0.2) is 4.98 Å². The Morgan fingerprint density at radius 2 is 1.86 bits per heavy atom. The van der Waals surface area contributed by atoms with Crippen LogP contribution >= 0.6 is 0 Å². The van der Waals surface area contributed by atoms with Crippen molar-refractivity contribution in [2.75, 3.05) is 37.7 Å². The summed E-state index contributed by atoms with van der Waals surface area (Å²) in [4.78, 5) is 35.1. The molecule has 1 aliphatic heterocycles. The van der Waals surface area contributed by atoms with Gasteiger partial charge in [-0.05, 0) is 64.6 Å². The largest absolute Gasteiger partial charge is 0.465 e. The van der Waals surface area contributed by atoms with E-state index in [1.54, 1.807) is 11.8 Å². The fourth-order valence-corrected chi connectivity index (χ4v) is 6.39. The zero-order valence-electron chi connectivity index (χ0n) is 22.6. The van der Waals surface area contributed by atoms with Gasteiger partial charge < -0.3 is 19.3 Å². The molecule has 2 aromatic rings. The van der Waals surface area contributed by atoms with E-state index in [9.17, 15) is 14.7 Å². The Labute approximate surface area is 220 Å². The van der Waals surface area contributed by atoms with Crippen LogP contribution in [0.3, 0.4) is 0 Å². The van der Waals surface area contributed by atoms with Crippen LogP contribution in [0.5, 0.6) is 0 Å². The number of fused-ring (bicyclic) bond motifs is 1.